The van der Waals surface area contributed by atoms with E-state index in [1.54, 1.807) is 0 Å². The average molecular weight is 249 g/mol. The molecule has 0 bridgehead atoms. The number of nitrogens with one attached hydrogen (secondary N) is 1. The van der Waals surface area contributed by atoms with Crippen LogP contribution in [0.15, 0.2) is 12.3 Å². The number of aromatic nitrogens is 2. The van der Waals surface area contributed by atoms with E-state index < -0.39 is 0 Å². The Morgan fingerprint density at radius 2 is 1.89 bits per heavy atom. The molecule has 0 radical (unpaired) electrons. The van der Waals surface area contributed by atoms with Gasteiger partial charge in [-0.25, -0.2) is 0 Å². The minimum absolute atomic E-state index is 0.392. The summed E-state index contributed by atoms with van der Waals surface area (Å²) >= 11 is 0. The van der Waals surface area contributed by atoms with E-state index in [2.05, 4.69) is 62.7 Å². The quantitative estimate of drug-likeness (QED) is 0.868. The third kappa shape index (κ3) is 1.80. The van der Waals surface area contributed by atoms with Crippen LogP contribution in [-0.2, 0) is 6.54 Å². The van der Waals surface area contributed by atoms with E-state index in [-0.39, 0.29) is 0 Å². The van der Waals surface area contributed by atoms with Gasteiger partial charge in [-0.1, -0.05) is 34.6 Å². The summed E-state index contributed by atoms with van der Waals surface area (Å²) in [6.45, 7) is 15.8. The van der Waals surface area contributed by atoms with E-state index in [1.807, 2.05) is 6.20 Å². The van der Waals surface area contributed by atoms with Crippen molar-refractivity contribution in [1.29, 1.82) is 0 Å². The van der Waals surface area contributed by atoms with Crippen LogP contribution in [0.5, 0.6) is 0 Å². The molecule has 1 aromatic heterocycles. The molecule has 1 fully saturated rings. The third-order valence-corrected chi connectivity index (χ3v) is 5.26. The van der Waals surface area contributed by atoms with Crippen LogP contribution in [0.4, 0.5) is 0 Å². The highest BCUT2D eigenvalue weighted by molar-refractivity contribution is 5.22. The molecule has 1 saturated carbocycles. The van der Waals surface area contributed by atoms with Crippen molar-refractivity contribution >= 4 is 0 Å². The molecule has 1 aromatic rings. The maximum Gasteiger partial charge on any atom is 0.0556 e. The zero-order valence-electron chi connectivity index (χ0n) is 12.6. The van der Waals surface area contributed by atoms with Crippen LogP contribution in [0.1, 0.15) is 53.3 Å². The van der Waals surface area contributed by atoms with Gasteiger partial charge in [-0.05, 0) is 36.3 Å². The Kier molecular flexibility index (Phi) is 3.30. The first-order chi connectivity index (χ1) is 8.37. The zero-order chi connectivity index (χ0) is 13.6. The van der Waals surface area contributed by atoms with Crippen LogP contribution in [0.25, 0.3) is 0 Å². The summed E-state index contributed by atoms with van der Waals surface area (Å²) in [6, 6.07) is 2.59. The fraction of sp³-hybridized carbons (Fsp3) is 0.800. The average Bonchev–Trinajstić information content (AvgIpc) is 2.70. The standard InChI is InChI=1S/C15H27N3/c1-7-16-12(11-9-10-17-18(11)8-2)13-14(3,4)15(13,5)6/h9-10,12-13,16H,7-8H2,1-6H3. The largest absolute Gasteiger partial charge is 0.309 e. The molecule has 0 aliphatic heterocycles. The van der Waals surface area contributed by atoms with E-state index in [0.717, 1.165) is 13.1 Å². The zero-order valence-corrected chi connectivity index (χ0v) is 12.6. The van der Waals surface area contributed by atoms with Crippen LogP contribution >= 0.6 is 0 Å². The second-order valence-electron chi connectivity index (χ2n) is 6.53. The Morgan fingerprint density at radius 1 is 1.28 bits per heavy atom. The number of rotatable bonds is 5. The predicted octanol–water partition coefficient (Wildman–Crippen LogP) is 3.24. The van der Waals surface area contributed by atoms with E-state index >= 15 is 0 Å². The molecule has 18 heavy (non-hydrogen) atoms. The van der Waals surface area contributed by atoms with Gasteiger partial charge in [0.15, 0.2) is 0 Å². The fourth-order valence-corrected chi connectivity index (χ4v) is 3.57. The smallest absolute Gasteiger partial charge is 0.0556 e. The van der Waals surface area contributed by atoms with E-state index in [4.69, 9.17) is 0 Å². The molecule has 0 amide bonds. The summed E-state index contributed by atoms with van der Waals surface area (Å²) in [6.07, 6.45) is 1.92. The lowest BCUT2D eigenvalue weighted by molar-refractivity contribution is 0.390. The SMILES string of the molecule is CCNC(c1ccnn1CC)C1C(C)(C)C1(C)C. The molecule has 1 aliphatic rings. The Bertz CT molecular complexity index is 403. The van der Waals surface area contributed by atoms with Crippen molar-refractivity contribution in [3.63, 3.8) is 0 Å². The van der Waals surface area contributed by atoms with Gasteiger partial charge in [0.2, 0.25) is 0 Å². The number of hydrogen-bond donors (Lipinski definition) is 1. The van der Waals surface area contributed by atoms with Gasteiger partial charge >= 0.3 is 0 Å². The molecule has 2 rings (SSSR count). The second kappa shape index (κ2) is 4.37. The van der Waals surface area contributed by atoms with Crippen molar-refractivity contribution in [2.75, 3.05) is 6.54 Å². The van der Waals surface area contributed by atoms with Gasteiger partial charge in [0.25, 0.3) is 0 Å². The normalized spacial score (nSPS) is 23.0. The van der Waals surface area contributed by atoms with Gasteiger partial charge in [0.1, 0.15) is 0 Å². The number of hydrogen-bond acceptors (Lipinski definition) is 2. The molecule has 3 nitrogen and oxygen atoms in total. The molecular weight excluding hydrogens is 222 g/mol. The van der Waals surface area contributed by atoms with Gasteiger partial charge in [0, 0.05) is 12.7 Å². The first-order valence-electron chi connectivity index (χ1n) is 7.13. The molecule has 3 heteroatoms. The third-order valence-electron chi connectivity index (χ3n) is 5.26. The summed E-state index contributed by atoms with van der Waals surface area (Å²) in [5.74, 6) is 0.673. The summed E-state index contributed by atoms with van der Waals surface area (Å²) < 4.78 is 2.12. The summed E-state index contributed by atoms with van der Waals surface area (Å²) in [5, 5.41) is 8.09. The summed E-state index contributed by atoms with van der Waals surface area (Å²) in [4.78, 5) is 0. The topological polar surface area (TPSA) is 29.9 Å². The van der Waals surface area contributed by atoms with Crippen LogP contribution < -0.4 is 5.32 Å². The van der Waals surface area contributed by atoms with E-state index in [9.17, 15) is 0 Å². The Balaban J connectivity index is 2.31. The molecule has 1 atom stereocenters. The molecule has 102 valence electrons. The van der Waals surface area contributed by atoms with Crippen molar-refractivity contribution in [2.24, 2.45) is 16.7 Å². The second-order valence-corrected chi connectivity index (χ2v) is 6.53. The van der Waals surface area contributed by atoms with Crippen LogP contribution in [0.2, 0.25) is 0 Å². The molecule has 0 saturated heterocycles. The molecule has 1 unspecified atom stereocenters. The highest BCUT2D eigenvalue weighted by atomic mass is 15.3. The minimum Gasteiger partial charge on any atom is -0.309 e. The lowest BCUT2D eigenvalue weighted by atomic mass is 10.0. The first kappa shape index (κ1) is 13.6. The van der Waals surface area contributed by atoms with E-state index in [1.165, 1.54) is 5.69 Å². The van der Waals surface area contributed by atoms with Crippen LogP contribution in [-0.4, -0.2) is 16.3 Å². The Hall–Kier alpha value is -0.830. The van der Waals surface area contributed by atoms with Crippen molar-refractivity contribution in [3.05, 3.63) is 18.0 Å². The first-order valence-corrected chi connectivity index (χ1v) is 7.13. The molecule has 0 aromatic carbocycles. The van der Waals surface area contributed by atoms with Gasteiger partial charge in [-0.2, -0.15) is 5.10 Å². The molecular formula is C15H27N3. The van der Waals surface area contributed by atoms with Crippen molar-refractivity contribution in [1.82, 2.24) is 15.1 Å². The van der Waals surface area contributed by atoms with Gasteiger partial charge in [-0.15, -0.1) is 0 Å². The molecule has 1 heterocycles. The van der Waals surface area contributed by atoms with Crippen LogP contribution in [0.3, 0.4) is 0 Å². The number of aryl methyl sites for hydroxylation is 1. The van der Waals surface area contributed by atoms with Crippen LogP contribution in [0, 0.1) is 16.7 Å². The fourth-order valence-electron chi connectivity index (χ4n) is 3.57. The van der Waals surface area contributed by atoms with E-state index in [0.29, 0.717) is 22.8 Å². The minimum atomic E-state index is 0.392. The molecule has 0 spiro atoms. The maximum absolute atomic E-state index is 4.42. The highest BCUT2D eigenvalue weighted by Gasteiger charge is 2.67. The lowest BCUT2D eigenvalue weighted by Crippen LogP contribution is -2.27. The maximum atomic E-state index is 4.42. The monoisotopic (exact) mass is 249 g/mol. The lowest BCUT2D eigenvalue weighted by Gasteiger charge is -2.21. The van der Waals surface area contributed by atoms with Gasteiger partial charge < -0.3 is 5.32 Å². The Morgan fingerprint density at radius 3 is 2.33 bits per heavy atom. The predicted molar refractivity (Wildman–Crippen MR) is 75.4 cm³/mol. The van der Waals surface area contributed by atoms with Gasteiger partial charge in [0.05, 0.1) is 11.7 Å². The molecule has 1 aliphatic carbocycles. The number of nitrogens with zero attached hydrogens (tertiary/aromatic N) is 2. The summed E-state index contributed by atoms with van der Waals surface area (Å²) in [7, 11) is 0. The van der Waals surface area contributed by atoms with Crippen molar-refractivity contribution in [2.45, 2.75) is 54.1 Å². The highest BCUT2D eigenvalue weighted by Crippen LogP contribution is 2.72. The summed E-state index contributed by atoms with van der Waals surface area (Å²) in [5.41, 5.74) is 2.12. The molecule has 1 N–H and O–H groups in total. The Labute approximate surface area is 111 Å². The van der Waals surface area contributed by atoms with Gasteiger partial charge in [-0.3, -0.25) is 4.68 Å². The van der Waals surface area contributed by atoms with Crippen molar-refractivity contribution < 1.29 is 0 Å². The van der Waals surface area contributed by atoms with Crippen molar-refractivity contribution in [3.8, 4) is 0 Å².